The van der Waals surface area contributed by atoms with Crippen molar-refractivity contribution in [2.45, 2.75) is 115 Å². The molecule has 5 aromatic rings. The molecule has 4 aliphatic heterocycles. The highest BCUT2D eigenvalue weighted by Crippen LogP contribution is 2.47. The van der Waals surface area contributed by atoms with Crippen LogP contribution in [0.15, 0.2) is 123 Å². The van der Waals surface area contributed by atoms with Gasteiger partial charge in [-0.1, -0.05) is 105 Å². The Morgan fingerprint density at radius 3 is 1.52 bits per heavy atom. The predicted octanol–water partition coefficient (Wildman–Crippen LogP) is 2.86. The van der Waals surface area contributed by atoms with Crippen molar-refractivity contribution in [1.82, 2.24) is 29.3 Å². The molecule has 4 bridgehead atoms. The lowest BCUT2D eigenvalue weighted by Crippen LogP contribution is -2.51. The average molecular weight is 863 g/mol. The third-order valence-corrected chi connectivity index (χ3v) is 12.2. The molecule has 17 heteroatoms. The Morgan fingerprint density at radius 1 is 0.603 bits per heavy atom. The minimum absolute atomic E-state index is 0.204. The molecule has 4 aliphatic rings. The second-order valence-electron chi connectivity index (χ2n) is 16.1. The fourth-order valence-electron chi connectivity index (χ4n) is 8.80. The monoisotopic (exact) mass is 862 g/mol. The molecule has 9 rings (SSSR count). The van der Waals surface area contributed by atoms with E-state index >= 15 is 0 Å². The largest absolute Gasteiger partial charge is 0.368 e. The summed E-state index contributed by atoms with van der Waals surface area (Å²) in [6, 6.07) is 27.7. The van der Waals surface area contributed by atoms with E-state index in [-0.39, 0.29) is 25.2 Å². The third kappa shape index (κ3) is 8.02. The minimum Gasteiger partial charge on any atom is -0.368 e. The van der Waals surface area contributed by atoms with E-state index in [1.54, 1.807) is 13.8 Å². The Hall–Kier alpha value is -6.24. The molecule has 3 N–H and O–H groups in total. The van der Waals surface area contributed by atoms with Gasteiger partial charge in [0.1, 0.15) is 31.0 Å². The van der Waals surface area contributed by atoms with Crippen LogP contribution < -0.4 is 33.1 Å². The standard InChI is InChI=1S/C27H29N3O6.C19H21N3O5/c1-3-27-22(35-16-20-12-8-5-9-13-20)21(28-25(27)32)24(36-27)29-14-18(2)23(31)30(26(29)33)17-34-15-19-10-6-4-7-11-19;1-3-19-14(26-10-12-7-5-4-6-8-12)13(20-17(19)24)16(27-19)22-9-11(2)15(23)21-18(22)25/h4-14,21-22,24H,3,15-17H2,1-2H3,(H,28,32);4-9,13-14,16H,3,10H2,1-2H3,(H,20,24)(H,21,23,25)/t21-,22?,24+,27+;13-,14?,16+,19+/m00/s1. The number of H-pyrrole nitrogens is 1. The predicted molar refractivity (Wildman–Crippen MR) is 227 cm³/mol. The maximum absolute atomic E-state index is 13.4. The Kier molecular flexibility index (Phi) is 12.3. The maximum atomic E-state index is 13.4. The number of nitrogens with one attached hydrogen (secondary N) is 3. The van der Waals surface area contributed by atoms with E-state index in [0.29, 0.717) is 37.2 Å². The highest BCUT2D eigenvalue weighted by atomic mass is 16.6. The van der Waals surface area contributed by atoms with Crippen LogP contribution in [0.2, 0.25) is 0 Å². The van der Waals surface area contributed by atoms with Crippen molar-refractivity contribution < 1.29 is 33.3 Å². The Morgan fingerprint density at radius 2 is 1.05 bits per heavy atom. The van der Waals surface area contributed by atoms with Crippen molar-refractivity contribution in [2.75, 3.05) is 0 Å². The number of aryl methyl sites for hydroxylation is 2. The molecule has 17 nitrogen and oxygen atoms in total. The molecule has 6 heterocycles. The number of carbonyl (C=O) groups is 2. The first-order valence-electron chi connectivity index (χ1n) is 21.0. The highest BCUT2D eigenvalue weighted by molar-refractivity contribution is 5.90. The van der Waals surface area contributed by atoms with Gasteiger partial charge in [0, 0.05) is 23.5 Å². The molecule has 4 saturated heterocycles. The van der Waals surface area contributed by atoms with Gasteiger partial charge in [0.25, 0.3) is 22.9 Å². The maximum Gasteiger partial charge on any atom is 0.335 e. The summed E-state index contributed by atoms with van der Waals surface area (Å²) >= 11 is 0. The molecule has 0 spiro atoms. The summed E-state index contributed by atoms with van der Waals surface area (Å²) in [6.07, 6.45) is 1.01. The van der Waals surface area contributed by atoms with E-state index < -0.39 is 70.4 Å². The van der Waals surface area contributed by atoms with Gasteiger partial charge in [-0.2, -0.15) is 0 Å². The van der Waals surface area contributed by atoms with Gasteiger partial charge in [-0.15, -0.1) is 0 Å². The second-order valence-corrected chi connectivity index (χ2v) is 16.1. The fraction of sp³-hybridized carbons (Fsp3) is 0.391. The molecule has 3 aromatic carbocycles. The zero-order valence-electron chi connectivity index (χ0n) is 35.4. The quantitative estimate of drug-likeness (QED) is 0.148. The summed E-state index contributed by atoms with van der Waals surface area (Å²) in [5.74, 6) is -0.493. The number of fused-ring (bicyclic) bond motifs is 4. The topological polar surface area (TPSA) is 203 Å². The van der Waals surface area contributed by atoms with Gasteiger partial charge in [0.05, 0.1) is 19.8 Å². The summed E-state index contributed by atoms with van der Waals surface area (Å²) in [7, 11) is 0. The SMILES string of the molecule is CC[C@]12O[C@@H](n3cc(C)c(=O)[nH]c3=O)[C@@H](NC1=O)C2OCc1ccccc1.CC[C@]12O[C@@H](n3cc(C)c(=O)n(COCc4ccccc4)c3=O)[C@@H](NC1=O)C2OCc1ccccc1. The Labute approximate surface area is 361 Å². The summed E-state index contributed by atoms with van der Waals surface area (Å²) in [5.41, 5.74) is -0.764. The van der Waals surface area contributed by atoms with E-state index in [0.717, 1.165) is 21.3 Å². The average Bonchev–Trinajstić information content (AvgIpc) is 3.97. The molecule has 2 aromatic heterocycles. The number of hydrogen-bond donors (Lipinski definition) is 3. The summed E-state index contributed by atoms with van der Waals surface area (Å²) in [4.78, 5) is 77.8. The molecule has 0 aliphatic carbocycles. The zero-order chi connectivity index (χ0) is 44.5. The third-order valence-electron chi connectivity index (χ3n) is 12.2. The number of nitrogens with zero attached hydrogens (tertiary/aromatic N) is 3. The molecule has 0 radical (unpaired) electrons. The molecule has 63 heavy (non-hydrogen) atoms. The number of hydrogen-bond acceptors (Lipinski definition) is 11. The molecule has 0 saturated carbocycles. The number of carbonyl (C=O) groups excluding carboxylic acids is 2. The first kappa shape index (κ1) is 43.4. The van der Waals surface area contributed by atoms with Crippen LogP contribution in [0.5, 0.6) is 0 Å². The Balaban J connectivity index is 0.000000180. The van der Waals surface area contributed by atoms with Crippen LogP contribution >= 0.6 is 0 Å². The first-order chi connectivity index (χ1) is 30.4. The number of ether oxygens (including phenoxy) is 5. The zero-order valence-corrected chi connectivity index (χ0v) is 35.4. The number of morpholine rings is 2. The fourth-order valence-corrected chi connectivity index (χ4v) is 8.80. The number of rotatable bonds is 14. The van der Waals surface area contributed by atoms with Crippen molar-refractivity contribution in [2.24, 2.45) is 0 Å². The number of benzene rings is 3. The molecular formula is C46H50N6O11. The van der Waals surface area contributed by atoms with Gasteiger partial charge in [-0.3, -0.25) is 33.3 Å². The van der Waals surface area contributed by atoms with Crippen LogP contribution in [0.1, 0.15) is 67.0 Å². The van der Waals surface area contributed by atoms with Crippen LogP contribution in [0.3, 0.4) is 0 Å². The van der Waals surface area contributed by atoms with Gasteiger partial charge in [-0.05, 0) is 43.4 Å². The number of amides is 2. The highest BCUT2D eigenvalue weighted by Gasteiger charge is 2.67. The van der Waals surface area contributed by atoms with Crippen molar-refractivity contribution >= 4 is 11.8 Å². The number of aromatic amines is 1. The molecule has 8 atom stereocenters. The summed E-state index contributed by atoms with van der Waals surface area (Å²) < 4.78 is 34.1. The van der Waals surface area contributed by atoms with Gasteiger partial charge in [0.15, 0.2) is 23.7 Å². The van der Waals surface area contributed by atoms with Crippen LogP contribution in [-0.4, -0.2) is 66.0 Å². The van der Waals surface area contributed by atoms with Crippen LogP contribution in [0.4, 0.5) is 0 Å². The number of aromatic nitrogens is 4. The van der Waals surface area contributed by atoms with Gasteiger partial charge >= 0.3 is 11.4 Å². The smallest absolute Gasteiger partial charge is 0.335 e. The van der Waals surface area contributed by atoms with Crippen molar-refractivity contribution in [1.29, 1.82) is 0 Å². The van der Waals surface area contributed by atoms with Crippen LogP contribution in [-0.2, 0) is 59.8 Å². The lowest BCUT2D eigenvalue weighted by atomic mass is 9.95. The normalized spacial score (nSPS) is 26.6. The van der Waals surface area contributed by atoms with E-state index in [2.05, 4.69) is 15.6 Å². The first-order valence-corrected chi connectivity index (χ1v) is 21.0. The minimum atomic E-state index is -1.22. The molecule has 2 amide bonds. The molecule has 2 unspecified atom stereocenters. The van der Waals surface area contributed by atoms with E-state index in [1.807, 2.05) is 105 Å². The van der Waals surface area contributed by atoms with Crippen molar-refractivity contribution in [3.63, 3.8) is 0 Å². The van der Waals surface area contributed by atoms with Crippen LogP contribution in [0, 0.1) is 13.8 Å². The Bertz CT molecular complexity index is 2700. The summed E-state index contributed by atoms with van der Waals surface area (Å²) in [6.45, 7) is 7.64. The van der Waals surface area contributed by atoms with E-state index in [1.165, 1.54) is 21.5 Å². The second kappa shape index (κ2) is 17.9. The molecule has 4 fully saturated rings. The van der Waals surface area contributed by atoms with Crippen LogP contribution in [0.25, 0.3) is 0 Å². The van der Waals surface area contributed by atoms with Gasteiger partial charge in [0.2, 0.25) is 0 Å². The lowest BCUT2D eigenvalue weighted by molar-refractivity contribution is -0.166. The molecular weight excluding hydrogens is 813 g/mol. The lowest BCUT2D eigenvalue weighted by Gasteiger charge is -2.30. The summed E-state index contributed by atoms with van der Waals surface area (Å²) in [5, 5.41) is 5.86. The van der Waals surface area contributed by atoms with Crippen molar-refractivity contribution in [3.8, 4) is 0 Å². The van der Waals surface area contributed by atoms with Gasteiger partial charge < -0.3 is 34.3 Å². The van der Waals surface area contributed by atoms with Crippen molar-refractivity contribution in [3.05, 3.63) is 173 Å². The van der Waals surface area contributed by atoms with E-state index in [4.69, 9.17) is 23.7 Å². The molecule has 330 valence electrons. The van der Waals surface area contributed by atoms with E-state index in [9.17, 15) is 28.8 Å². The van der Waals surface area contributed by atoms with Gasteiger partial charge in [-0.25, -0.2) is 14.2 Å².